The van der Waals surface area contributed by atoms with Gasteiger partial charge in [0.15, 0.2) is 5.13 Å². The number of aromatic nitrogens is 1. The number of carbonyl (C=O) groups excluding carboxylic acids is 2. The van der Waals surface area contributed by atoms with Crippen molar-refractivity contribution in [1.82, 2.24) is 9.88 Å². The zero-order valence-corrected chi connectivity index (χ0v) is 20.0. The number of nitrogens with one attached hydrogen (secondary N) is 1. The van der Waals surface area contributed by atoms with Gasteiger partial charge in [0.2, 0.25) is 5.91 Å². The number of piperazine rings is 1. The van der Waals surface area contributed by atoms with Gasteiger partial charge in [-0.3, -0.25) is 14.9 Å². The van der Waals surface area contributed by atoms with Crippen LogP contribution >= 0.6 is 11.3 Å². The van der Waals surface area contributed by atoms with Gasteiger partial charge in [0, 0.05) is 42.3 Å². The number of thiazole rings is 1. The Morgan fingerprint density at radius 1 is 1.03 bits per heavy atom. The zero-order valence-electron chi connectivity index (χ0n) is 19.2. The first-order chi connectivity index (χ1) is 16.6. The Balaban J connectivity index is 1.25. The first-order valence-electron chi connectivity index (χ1n) is 11.7. The molecule has 2 aromatic carbocycles. The number of amides is 2. The first-order valence-corrected chi connectivity index (χ1v) is 12.5. The Bertz CT molecular complexity index is 1150. The van der Waals surface area contributed by atoms with Crippen molar-refractivity contribution in [3.63, 3.8) is 0 Å². The van der Waals surface area contributed by atoms with Gasteiger partial charge in [-0.2, -0.15) is 0 Å². The van der Waals surface area contributed by atoms with Crippen LogP contribution in [0.5, 0.6) is 5.75 Å². The molecule has 0 bridgehead atoms. The molecule has 1 saturated heterocycles. The number of carbonyl (C=O) groups is 2. The van der Waals surface area contributed by atoms with Crippen LogP contribution in [-0.2, 0) is 11.2 Å². The molecule has 5 rings (SSSR count). The minimum atomic E-state index is -0.227. The fourth-order valence-corrected chi connectivity index (χ4v) is 5.73. The second-order valence-corrected chi connectivity index (χ2v) is 9.69. The van der Waals surface area contributed by atoms with E-state index in [1.807, 2.05) is 23.1 Å². The van der Waals surface area contributed by atoms with Crippen molar-refractivity contribution in [3.8, 4) is 5.75 Å². The number of benzene rings is 2. The van der Waals surface area contributed by atoms with Crippen molar-refractivity contribution in [2.75, 3.05) is 43.5 Å². The van der Waals surface area contributed by atoms with Crippen LogP contribution in [0.2, 0.25) is 0 Å². The minimum Gasteiger partial charge on any atom is -0.497 e. The Morgan fingerprint density at radius 3 is 2.47 bits per heavy atom. The van der Waals surface area contributed by atoms with E-state index in [2.05, 4.69) is 22.3 Å². The van der Waals surface area contributed by atoms with E-state index in [4.69, 9.17) is 9.72 Å². The van der Waals surface area contributed by atoms with E-state index in [0.29, 0.717) is 29.5 Å². The van der Waals surface area contributed by atoms with Crippen molar-refractivity contribution in [1.29, 1.82) is 0 Å². The SMILES string of the molecule is COc1ccc(C(=O)Nc2nc3c(s2)CCCC3C(=O)N2CCN(c3ccccc3)CC2)cc1. The van der Waals surface area contributed by atoms with Crippen molar-refractivity contribution in [2.24, 2.45) is 0 Å². The predicted octanol–water partition coefficient (Wildman–Crippen LogP) is 4.17. The maximum Gasteiger partial charge on any atom is 0.257 e. The molecular weight excluding hydrogens is 448 g/mol. The van der Waals surface area contributed by atoms with Gasteiger partial charge < -0.3 is 14.5 Å². The molecule has 7 nitrogen and oxygen atoms in total. The highest BCUT2D eigenvalue weighted by Gasteiger charge is 2.34. The summed E-state index contributed by atoms with van der Waals surface area (Å²) in [4.78, 5) is 36.2. The van der Waals surface area contributed by atoms with Gasteiger partial charge in [-0.1, -0.05) is 18.2 Å². The molecule has 34 heavy (non-hydrogen) atoms. The number of ether oxygens (including phenoxy) is 1. The number of rotatable bonds is 5. The van der Waals surface area contributed by atoms with Crippen LogP contribution in [0.15, 0.2) is 54.6 Å². The molecule has 2 heterocycles. The van der Waals surface area contributed by atoms with Crippen LogP contribution in [0, 0.1) is 0 Å². The summed E-state index contributed by atoms with van der Waals surface area (Å²) in [6, 6.07) is 17.3. The summed E-state index contributed by atoms with van der Waals surface area (Å²) in [5, 5.41) is 3.47. The predicted molar refractivity (Wildman–Crippen MR) is 134 cm³/mol. The number of para-hydroxylation sites is 1. The summed E-state index contributed by atoms with van der Waals surface area (Å²) in [7, 11) is 1.59. The second kappa shape index (κ2) is 9.85. The highest BCUT2D eigenvalue weighted by molar-refractivity contribution is 7.16. The normalized spacial score (nSPS) is 17.7. The molecule has 176 valence electrons. The third kappa shape index (κ3) is 4.63. The first kappa shape index (κ1) is 22.4. The summed E-state index contributed by atoms with van der Waals surface area (Å²) in [6.45, 7) is 3.08. The Hall–Kier alpha value is -3.39. The van der Waals surface area contributed by atoms with Crippen molar-refractivity contribution in [2.45, 2.75) is 25.2 Å². The fraction of sp³-hybridized carbons (Fsp3) is 0.346. The number of nitrogens with zero attached hydrogens (tertiary/aromatic N) is 3. The van der Waals surface area contributed by atoms with Gasteiger partial charge in [-0.25, -0.2) is 4.98 Å². The van der Waals surface area contributed by atoms with E-state index in [9.17, 15) is 9.59 Å². The van der Waals surface area contributed by atoms with Crippen LogP contribution in [0.4, 0.5) is 10.8 Å². The van der Waals surface area contributed by atoms with E-state index in [-0.39, 0.29) is 17.7 Å². The number of anilines is 2. The van der Waals surface area contributed by atoms with Crippen LogP contribution in [-0.4, -0.2) is 55.0 Å². The number of hydrogen-bond acceptors (Lipinski definition) is 6. The van der Waals surface area contributed by atoms with Gasteiger partial charge in [0.25, 0.3) is 5.91 Å². The summed E-state index contributed by atoms with van der Waals surface area (Å²) < 4.78 is 5.15. The van der Waals surface area contributed by atoms with Gasteiger partial charge >= 0.3 is 0 Å². The van der Waals surface area contributed by atoms with Crippen LogP contribution in [0.3, 0.4) is 0 Å². The Morgan fingerprint density at radius 2 is 1.76 bits per heavy atom. The molecule has 1 aliphatic heterocycles. The molecule has 2 aliphatic rings. The standard InChI is InChI=1S/C26H28N4O3S/c1-33-20-12-10-18(11-13-20)24(31)28-26-27-23-21(8-5-9-22(23)34-26)25(32)30-16-14-29(15-17-30)19-6-3-2-4-7-19/h2-4,6-7,10-13,21H,5,8-9,14-17H2,1H3,(H,27,28,31). The molecule has 2 amide bonds. The molecule has 1 fully saturated rings. The van der Waals surface area contributed by atoms with Crippen molar-refractivity contribution in [3.05, 3.63) is 70.7 Å². The zero-order chi connectivity index (χ0) is 23.5. The molecule has 1 unspecified atom stereocenters. The lowest BCUT2D eigenvalue weighted by Crippen LogP contribution is -2.50. The summed E-state index contributed by atoms with van der Waals surface area (Å²) in [5.41, 5.74) is 2.58. The number of fused-ring (bicyclic) bond motifs is 1. The molecule has 1 aromatic heterocycles. The van der Waals surface area contributed by atoms with Gasteiger partial charge in [-0.05, 0) is 55.7 Å². The summed E-state index contributed by atoms with van der Waals surface area (Å²) >= 11 is 1.48. The molecule has 8 heteroatoms. The van der Waals surface area contributed by atoms with E-state index < -0.39 is 0 Å². The highest BCUT2D eigenvalue weighted by atomic mass is 32.1. The molecule has 1 aliphatic carbocycles. The Labute approximate surface area is 203 Å². The van der Waals surface area contributed by atoms with Gasteiger partial charge in [-0.15, -0.1) is 11.3 Å². The molecule has 1 atom stereocenters. The molecule has 0 radical (unpaired) electrons. The van der Waals surface area contributed by atoms with E-state index in [1.54, 1.807) is 31.4 Å². The lowest BCUT2D eigenvalue weighted by Gasteiger charge is -2.38. The summed E-state index contributed by atoms with van der Waals surface area (Å²) in [5.74, 6) is 0.419. The summed E-state index contributed by atoms with van der Waals surface area (Å²) in [6.07, 6.45) is 2.67. The topological polar surface area (TPSA) is 74.8 Å². The Kier molecular flexibility index (Phi) is 6.49. The maximum absolute atomic E-state index is 13.4. The third-order valence-electron chi connectivity index (χ3n) is 6.54. The van der Waals surface area contributed by atoms with Gasteiger partial charge in [0.05, 0.1) is 18.7 Å². The lowest BCUT2D eigenvalue weighted by atomic mass is 9.89. The van der Waals surface area contributed by atoms with Gasteiger partial charge in [0.1, 0.15) is 5.75 Å². The largest absolute Gasteiger partial charge is 0.497 e. The average Bonchev–Trinajstić information content (AvgIpc) is 3.31. The number of aryl methyl sites for hydroxylation is 1. The quantitative estimate of drug-likeness (QED) is 0.598. The smallest absolute Gasteiger partial charge is 0.257 e. The molecule has 3 aromatic rings. The van der Waals surface area contributed by atoms with E-state index in [1.165, 1.54) is 17.0 Å². The van der Waals surface area contributed by atoms with Crippen LogP contribution in [0.1, 0.15) is 39.7 Å². The minimum absolute atomic E-state index is 0.159. The highest BCUT2D eigenvalue weighted by Crippen LogP contribution is 2.38. The second-order valence-electron chi connectivity index (χ2n) is 8.60. The van der Waals surface area contributed by atoms with Crippen molar-refractivity contribution >= 4 is 34.0 Å². The monoisotopic (exact) mass is 476 g/mol. The number of methoxy groups -OCH3 is 1. The van der Waals surface area contributed by atoms with E-state index in [0.717, 1.165) is 42.9 Å². The third-order valence-corrected chi connectivity index (χ3v) is 7.58. The van der Waals surface area contributed by atoms with Crippen LogP contribution < -0.4 is 15.0 Å². The van der Waals surface area contributed by atoms with Crippen molar-refractivity contribution < 1.29 is 14.3 Å². The lowest BCUT2D eigenvalue weighted by molar-refractivity contribution is -0.133. The molecule has 0 spiro atoms. The van der Waals surface area contributed by atoms with Crippen LogP contribution in [0.25, 0.3) is 0 Å². The average molecular weight is 477 g/mol. The molecule has 1 N–H and O–H groups in total. The molecular formula is C26H28N4O3S. The van der Waals surface area contributed by atoms with E-state index >= 15 is 0 Å². The fourth-order valence-electron chi connectivity index (χ4n) is 4.67. The number of hydrogen-bond donors (Lipinski definition) is 1. The maximum atomic E-state index is 13.4. The molecule has 0 saturated carbocycles.